The van der Waals surface area contributed by atoms with Gasteiger partial charge in [0.15, 0.2) is 0 Å². The van der Waals surface area contributed by atoms with Crippen LogP contribution in [0.1, 0.15) is 31.2 Å². The SMILES string of the molecule is CCOC(=O)[C@@]1(Cc2cc(-c3ccccc3F)no2)CCCN(Cc2ccccn2)C1. The summed E-state index contributed by atoms with van der Waals surface area (Å²) in [7, 11) is 0. The molecular weight excluding hydrogens is 397 g/mol. The van der Waals surface area contributed by atoms with E-state index in [1.807, 2.05) is 25.1 Å². The number of carbonyl (C=O) groups excluding carboxylic acids is 1. The molecule has 7 heteroatoms. The van der Waals surface area contributed by atoms with Crippen LogP contribution >= 0.6 is 0 Å². The van der Waals surface area contributed by atoms with Gasteiger partial charge in [-0.25, -0.2) is 4.39 Å². The Morgan fingerprint density at radius 2 is 2.10 bits per heavy atom. The van der Waals surface area contributed by atoms with Gasteiger partial charge in [-0.2, -0.15) is 0 Å². The van der Waals surface area contributed by atoms with E-state index in [-0.39, 0.29) is 11.8 Å². The van der Waals surface area contributed by atoms with E-state index < -0.39 is 5.41 Å². The van der Waals surface area contributed by atoms with Gasteiger partial charge in [0.1, 0.15) is 17.3 Å². The first kappa shape index (κ1) is 21.2. The molecule has 6 nitrogen and oxygen atoms in total. The highest BCUT2D eigenvalue weighted by Crippen LogP contribution is 2.37. The summed E-state index contributed by atoms with van der Waals surface area (Å²) in [6.45, 7) is 4.22. The summed E-state index contributed by atoms with van der Waals surface area (Å²) in [6.07, 6.45) is 3.68. The van der Waals surface area contributed by atoms with Gasteiger partial charge in [0.2, 0.25) is 0 Å². The Hall–Kier alpha value is -3.06. The summed E-state index contributed by atoms with van der Waals surface area (Å²) in [4.78, 5) is 19.7. The minimum Gasteiger partial charge on any atom is -0.466 e. The minimum atomic E-state index is -0.741. The Balaban J connectivity index is 1.56. The summed E-state index contributed by atoms with van der Waals surface area (Å²) in [5.41, 5.74) is 1.02. The summed E-state index contributed by atoms with van der Waals surface area (Å²) < 4.78 is 25.1. The van der Waals surface area contributed by atoms with Gasteiger partial charge < -0.3 is 9.26 Å². The highest BCUT2D eigenvalue weighted by Gasteiger charge is 2.44. The Kier molecular flexibility index (Phi) is 6.42. The highest BCUT2D eigenvalue weighted by atomic mass is 19.1. The number of nitrogens with zero attached hydrogens (tertiary/aromatic N) is 3. The van der Waals surface area contributed by atoms with Crippen molar-refractivity contribution in [3.05, 3.63) is 72.0 Å². The van der Waals surface area contributed by atoms with Crippen LogP contribution in [0.15, 0.2) is 59.3 Å². The number of pyridine rings is 1. The zero-order chi connectivity index (χ0) is 21.7. The van der Waals surface area contributed by atoms with Crippen molar-refractivity contribution in [3.63, 3.8) is 0 Å². The number of benzene rings is 1. The fraction of sp³-hybridized carbons (Fsp3) is 0.375. The lowest BCUT2D eigenvalue weighted by atomic mass is 9.76. The molecule has 0 amide bonds. The minimum absolute atomic E-state index is 0.232. The summed E-state index contributed by atoms with van der Waals surface area (Å²) in [5, 5.41) is 4.05. The molecule has 1 fully saturated rings. The van der Waals surface area contributed by atoms with Crippen LogP contribution < -0.4 is 0 Å². The number of rotatable bonds is 7. The third-order valence-corrected chi connectivity index (χ3v) is 5.70. The van der Waals surface area contributed by atoms with Crippen molar-refractivity contribution in [1.29, 1.82) is 0 Å². The third-order valence-electron chi connectivity index (χ3n) is 5.70. The number of hydrogen-bond acceptors (Lipinski definition) is 6. The quantitative estimate of drug-likeness (QED) is 0.529. The molecule has 0 unspecified atom stereocenters. The molecule has 1 aromatic carbocycles. The van der Waals surface area contributed by atoms with Crippen molar-refractivity contribution in [3.8, 4) is 11.3 Å². The van der Waals surface area contributed by atoms with Crippen LogP contribution in [0.25, 0.3) is 11.3 Å². The number of halogens is 1. The number of piperidine rings is 1. The van der Waals surface area contributed by atoms with Gasteiger partial charge in [-0.15, -0.1) is 0 Å². The molecular formula is C24H26FN3O3. The lowest BCUT2D eigenvalue weighted by Crippen LogP contribution is -2.49. The molecule has 31 heavy (non-hydrogen) atoms. The first-order valence-corrected chi connectivity index (χ1v) is 10.6. The van der Waals surface area contributed by atoms with Crippen molar-refractivity contribution in [2.24, 2.45) is 5.41 Å². The Morgan fingerprint density at radius 3 is 2.87 bits per heavy atom. The second-order valence-electron chi connectivity index (χ2n) is 7.97. The first-order valence-electron chi connectivity index (χ1n) is 10.6. The molecule has 3 aromatic rings. The average molecular weight is 423 g/mol. The molecule has 2 aromatic heterocycles. The van der Waals surface area contributed by atoms with Gasteiger partial charge >= 0.3 is 5.97 Å². The molecule has 0 aliphatic carbocycles. The smallest absolute Gasteiger partial charge is 0.313 e. The monoisotopic (exact) mass is 423 g/mol. The molecule has 0 N–H and O–H groups in total. The zero-order valence-electron chi connectivity index (χ0n) is 17.6. The second kappa shape index (κ2) is 9.39. The summed E-state index contributed by atoms with van der Waals surface area (Å²) in [6, 6.07) is 14.0. The number of esters is 1. The number of likely N-dealkylation sites (tertiary alicyclic amines) is 1. The van der Waals surface area contributed by atoms with Crippen molar-refractivity contribution in [2.45, 2.75) is 32.7 Å². The largest absolute Gasteiger partial charge is 0.466 e. The fourth-order valence-electron chi connectivity index (χ4n) is 4.28. The number of ether oxygens (including phenoxy) is 1. The molecule has 1 aliphatic rings. The molecule has 0 bridgehead atoms. The predicted molar refractivity (Wildman–Crippen MR) is 113 cm³/mol. The van der Waals surface area contributed by atoms with Gasteiger partial charge in [0.25, 0.3) is 0 Å². The third kappa shape index (κ3) is 4.82. The molecule has 3 heterocycles. The van der Waals surface area contributed by atoms with Gasteiger partial charge in [-0.05, 0) is 50.6 Å². The van der Waals surface area contributed by atoms with E-state index in [4.69, 9.17) is 9.26 Å². The van der Waals surface area contributed by atoms with Crippen LogP contribution in [0.3, 0.4) is 0 Å². The standard InChI is InChI=1S/C24H26FN3O3/c1-2-30-23(29)24(11-7-13-28(17-24)16-18-8-5-6-12-26-18)15-19-14-22(27-31-19)20-9-3-4-10-21(20)25/h3-6,8-10,12,14H,2,7,11,13,15-17H2,1H3/t24-/m1/s1. The van der Waals surface area contributed by atoms with E-state index in [2.05, 4.69) is 15.0 Å². The lowest BCUT2D eigenvalue weighted by molar-refractivity contribution is -0.159. The van der Waals surface area contributed by atoms with E-state index in [1.54, 1.807) is 30.5 Å². The van der Waals surface area contributed by atoms with E-state index in [0.717, 1.165) is 18.7 Å². The Labute approximate surface area is 181 Å². The van der Waals surface area contributed by atoms with Crippen LogP contribution in [0.2, 0.25) is 0 Å². The van der Waals surface area contributed by atoms with Crippen molar-refractivity contribution >= 4 is 5.97 Å². The van der Waals surface area contributed by atoms with Crippen molar-refractivity contribution in [1.82, 2.24) is 15.0 Å². The van der Waals surface area contributed by atoms with E-state index >= 15 is 0 Å². The fourth-order valence-corrected chi connectivity index (χ4v) is 4.28. The Morgan fingerprint density at radius 1 is 1.26 bits per heavy atom. The van der Waals surface area contributed by atoms with Crippen LogP contribution in [0, 0.1) is 11.2 Å². The second-order valence-corrected chi connectivity index (χ2v) is 7.97. The molecule has 0 saturated carbocycles. The molecule has 162 valence electrons. The lowest BCUT2D eigenvalue weighted by Gasteiger charge is -2.40. The maximum atomic E-state index is 14.1. The zero-order valence-corrected chi connectivity index (χ0v) is 17.6. The van der Waals surface area contributed by atoms with Crippen LogP contribution in [0.5, 0.6) is 0 Å². The van der Waals surface area contributed by atoms with Crippen LogP contribution in [0.4, 0.5) is 4.39 Å². The van der Waals surface area contributed by atoms with E-state index in [0.29, 0.717) is 49.6 Å². The molecule has 4 rings (SSSR count). The maximum absolute atomic E-state index is 14.1. The predicted octanol–water partition coefficient (Wildman–Crippen LogP) is 4.26. The average Bonchev–Trinajstić information content (AvgIpc) is 3.23. The maximum Gasteiger partial charge on any atom is 0.313 e. The van der Waals surface area contributed by atoms with Crippen LogP contribution in [-0.2, 0) is 22.5 Å². The molecule has 1 atom stereocenters. The highest BCUT2D eigenvalue weighted by molar-refractivity contribution is 5.77. The van der Waals surface area contributed by atoms with Crippen molar-refractivity contribution < 1.29 is 18.4 Å². The van der Waals surface area contributed by atoms with Crippen LogP contribution in [-0.4, -0.2) is 40.7 Å². The topological polar surface area (TPSA) is 68.5 Å². The number of hydrogen-bond donors (Lipinski definition) is 0. The summed E-state index contributed by atoms with van der Waals surface area (Å²) >= 11 is 0. The molecule has 1 aliphatic heterocycles. The molecule has 0 radical (unpaired) electrons. The van der Waals surface area contributed by atoms with E-state index in [1.165, 1.54) is 6.07 Å². The number of carbonyl (C=O) groups is 1. The van der Waals surface area contributed by atoms with Gasteiger partial charge in [-0.3, -0.25) is 14.7 Å². The van der Waals surface area contributed by atoms with E-state index in [9.17, 15) is 9.18 Å². The normalized spacial score (nSPS) is 19.3. The first-order chi connectivity index (χ1) is 15.1. The van der Waals surface area contributed by atoms with Crippen molar-refractivity contribution in [2.75, 3.05) is 19.7 Å². The number of aromatic nitrogens is 2. The Bertz CT molecular complexity index is 1020. The van der Waals surface area contributed by atoms with Gasteiger partial charge in [0.05, 0.1) is 17.7 Å². The van der Waals surface area contributed by atoms with Gasteiger partial charge in [0, 0.05) is 37.3 Å². The molecule has 1 saturated heterocycles. The van der Waals surface area contributed by atoms with Gasteiger partial charge in [-0.1, -0.05) is 23.4 Å². The summed E-state index contributed by atoms with van der Waals surface area (Å²) in [5.74, 6) is -0.0442. The molecule has 0 spiro atoms.